The fraction of sp³-hybridized carbons (Fsp3) is 0.727. The summed E-state index contributed by atoms with van der Waals surface area (Å²) in [5.41, 5.74) is 0.429. The number of ether oxygens (including phenoxy) is 1. The van der Waals surface area contributed by atoms with Crippen molar-refractivity contribution in [1.82, 2.24) is 25.2 Å². The van der Waals surface area contributed by atoms with Crippen LogP contribution in [0.4, 0.5) is 0 Å². The van der Waals surface area contributed by atoms with Crippen molar-refractivity contribution in [3.05, 3.63) is 11.9 Å². The van der Waals surface area contributed by atoms with E-state index in [1.807, 2.05) is 0 Å². The first kappa shape index (κ1) is 11.6. The molecule has 7 heteroatoms. The summed E-state index contributed by atoms with van der Waals surface area (Å²) in [6.07, 6.45) is 2.79. The van der Waals surface area contributed by atoms with Crippen molar-refractivity contribution in [3.63, 3.8) is 0 Å². The summed E-state index contributed by atoms with van der Waals surface area (Å²) in [7, 11) is 1.68. The number of amides is 1. The highest BCUT2D eigenvalue weighted by Gasteiger charge is 2.29. The lowest BCUT2D eigenvalue weighted by Gasteiger charge is -2.26. The lowest BCUT2D eigenvalue weighted by atomic mass is 10.2. The molecular weight excluding hydrogens is 234 g/mol. The molecule has 0 bridgehead atoms. The fourth-order valence-corrected chi connectivity index (χ4v) is 2.28. The van der Waals surface area contributed by atoms with Gasteiger partial charge in [-0.15, -0.1) is 5.10 Å². The smallest absolute Gasteiger partial charge is 0.276 e. The van der Waals surface area contributed by atoms with Crippen LogP contribution in [0.2, 0.25) is 0 Å². The number of nitrogens with one attached hydrogen (secondary N) is 1. The van der Waals surface area contributed by atoms with Gasteiger partial charge in [-0.3, -0.25) is 4.79 Å². The van der Waals surface area contributed by atoms with Gasteiger partial charge in [0.25, 0.3) is 5.91 Å². The third-order valence-electron chi connectivity index (χ3n) is 3.63. The Morgan fingerprint density at radius 2 is 2.39 bits per heavy atom. The van der Waals surface area contributed by atoms with Gasteiger partial charge in [-0.2, -0.15) is 0 Å². The molecule has 1 amide bonds. The van der Waals surface area contributed by atoms with Crippen molar-refractivity contribution in [1.29, 1.82) is 0 Å². The Hall–Kier alpha value is -1.47. The van der Waals surface area contributed by atoms with E-state index in [0.29, 0.717) is 18.3 Å². The molecule has 2 aliphatic rings. The maximum atomic E-state index is 12.2. The Labute approximate surface area is 105 Å². The third-order valence-corrected chi connectivity index (χ3v) is 3.63. The summed E-state index contributed by atoms with van der Waals surface area (Å²) in [5.74, 6) is -0.0481. The standard InChI is InChI=1S/C11H17N5O2/c1-18-9-2-3-15(6-9)11(17)10-7-16(14-13-10)8-4-12-5-8/h7-9,12H,2-6H2,1H3. The molecule has 2 aliphatic heterocycles. The summed E-state index contributed by atoms with van der Waals surface area (Å²) in [6.45, 7) is 3.17. The number of rotatable bonds is 3. The molecule has 3 rings (SSSR count). The van der Waals surface area contributed by atoms with E-state index < -0.39 is 0 Å². The highest BCUT2D eigenvalue weighted by Crippen LogP contribution is 2.15. The number of nitrogens with zero attached hydrogens (tertiary/aromatic N) is 4. The molecule has 1 N–H and O–H groups in total. The lowest BCUT2D eigenvalue weighted by molar-refractivity contribution is 0.0719. The van der Waals surface area contributed by atoms with E-state index in [2.05, 4.69) is 15.6 Å². The van der Waals surface area contributed by atoms with Crippen LogP contribution in [-0.4, -0.2) is 65.2 Å². The largest absolute Gasteiger partial charge is 0.380 e. The van der Waals surface area contributed by atoms with Crippen LogP contribution >= 0.6 is 0 Å². The van der Waals surface area contributed by atoms with E-state index in [9.17, 15) is 4.79 Å². The molecule has 2 saturated heterocycles. The van der Waals surface area contributed by atoms with Gasteiger partial charge in [-0.05, 0) is 6.42 Å². The molecule has 0 saturated carbocycles. The van der Waals surface area contributed by atoms with Gasteiger partial charge in [0.15, 0.2) is 5.69 Å². The predicted molar refractivity (Wildman–Crippen MR) is 63.2 cm³/mol. The van der Waals surface area contributed by atoms with Gasteiger partial charge in [0.2, 0.25) is 0 Å². The van der Waals surface area contributed by atoms with Crippen LogP contribution in [0, 0.1) is 0 Å². The van der Waals surface area contributed by atoms with Crippen molar-refractivity contribution in [2.24, 2.45) is 0 Å². The van der Waals surface area contributed by atoms with Gasteiger partial charge in [0.1, 0.15) is 0 Å². The second-order valence-corrected chi connectivity index (χ2v) is 4.79. The van der Waals surface area contributed by atoms with Gasteiger partial charge < -0.3 is 15.0 Å². The molecule has 18 heavy (non-hydrogen) atoms. The van der Waals surface area contributed by atoms with Gasteiger partial charge in [0.05, 0.1) is 18.3 Å². The van der Waals surface area contributed by atoms with Crippen LogP contribution in [-0.2, 0) is 4.74 Å². The van der Waals surface area contributed by atoms with E-state index >= 15 is 0 Å². The highest BCUT2D eigenvalue weighted by molar-refractivity contribution is 5.92. The minimum atomic E-state index is -0.0481. The first-order chi connectivity index (χ1) is 8.78. The van der Waals surface area contributed by atoms with Crippen LogP contribution in [0.15, 0.2) is 6.20 Å². The fourth-order valence-electron chi connectivity index (χ4n) is 2.28. The van der Waals surface area contributed by atoms with E-state index in [0.717, 1.165) is 26.1 Å². The second-order valence-electron chi connectivity index (χ2n) is 4.79. The van der Waals surface area contributed by atoms with Crippen LogP contribution in [0.1, 0.15) is 23.0 Å². The van der Waals surface area contributed by atoms with Crippen molar-refractivity contribution < 1.29 is 9.53 Å². The Morgan fingerprint density at radius 1 is 1.56 bits per heavy atom. The minimum absolute atomic E-state index is 0.0481. The van der Waals surface area contributed by atoms with Gasteiger partial charge in [0, 0.05) is 33.3 Å². The first-order valence-corrected chi connectivity index (χ1v) is 6.22. The van der Waals surface area contributed by atoms with Crippen molar-refractivity contribution in [2.75, 3.05) is 33.3 Å². The second kappa shape index (κ2) is 4.66. The minimum Gasteiger partial charge on any atom is -0.380 e. The molecule has 7 nitrogen and oxygen atoms in total. The molecule has 1 aromatic heterocycles. The zero-order valence-corrected chi connectivity index (χ0v) is 10.4. The van der Waals surface area contributed by atoms with Crippen LogP contribution in [0.25, 0.3) is 0 Å². The summed E-state index contributed by atoms with van der Waals surface area (Å²) in [4.78, 5) is 14.0. The molecule has 98 valence electrons. The van der Waals surface area contributed by atoms with E-state index in [1.54, 1.807) is 22.9 Å². The Kier molecular flexibility index (Phi) is 3.00. The monoisotopic (exact) mass is 251 g/mol. The SMILES string of the molecule is COC1CCN(C(=O)c2cn(C3CNC3)nn2)C1. The number of aromatic nitrogens is 3. The van der Waals surface area contributed by atoms with Gasteiger partial charge in [-0.25, -0.2) is 4.68 Å². The average Bonchev–Trinajstić information content (AvgIpc) is 2.94. The Balaban J connectivity index is 1.66. The van der Waals surface area contributed by atoms with Crippen LogP contribution in [0.3, 0.4) is 0 Å². The zero-order valence-electron chi connectivity index (χ0n) is 10.4. The quantitative estimate of drug-likeness (QED) is 0.768. The molecule has 0 radical (unpaired) electrons. The zero-order chi connectivity index (χ0) is 12.5. The molecule has 2 fully saturated rings. The van der Waals surface area contributed by atoms with E-state index in [1.165, 1.54) is 0 Å². The number of carbonyl (C=O) groups is 1. The summed E-state index contributed by atoms with van der Waals surface area (Å²) in [5, 5.41) is 11.2. The lowest BCUT2D eigenvalue weighted by Crippen LogP contribution is -2.43. The molecule has 1 unspecified atom stereocenters. The number of methoxy groups -OCH3 is 1. The van der Waals surface area contributed by atoms with Crippen molar-refractivity contribution in [2.45, 2.75) is 18.6 Å². The van der Waals surface area contributed by atoms with Crippen LogP contribution in [0.5, 0.6) is 0 Å². The van der Waals surface area contributed by atoms with Gasteiger partial charge >= 0.3 is 0 Å². The molecule has 0 spiro atoms. The number of hydrogen-bond donors (Lipinski definition) is 1. The molecule has 0 aliphatic carbocycles. The maximum Gasteiger partial charge on any atom is 0.276 e. The molecule has 1 atom stereocenters. The van der Waals surface area contributed by atoms with Crippen LogP contribution < -0.4 is 5.32 Å². The number of likely N-dealkylation sites (tertiary alicyclic amines) is 1. The summed E-state index contributed by atoms with van der Waals surface area (Å²) >= 11 is 0. The average molecular weight is 251 g/mol. The molecule has 1 aromatic rings. The third kappa shape index (κ3) is 1.99. The topological polar surface area (TPSA) is 72.3 Å². The van der Waals surface area contributed by atoms with Crippen molar-refractivity contribution >= 4 is 5.91 Å². The number of hydrogen-bond acceptors (Lipinski definition) is 5. The maximum absolute atomic E-state index is 12.2. The van der Waals surface area contributed by atoms with E-state index in [4.69, 9.17) is 4.74 Å². The van der Waals surface area contributed by atoms with Crippen molar-refractivity contribution in [3.8, 4) is 0 Å². The summed E-state index contributed by atoms with van der Waals surface area (Å²) in [6, 6.07) is 0.337. The summed E-state index contributed by atoms with van der Waals surface area (Å²) < 4.78 is 7.03. The number of carbonyl (C=O) groups excluding carboxylic acids is 1. The normalized spacial score (nSPS) is 24.3. The Morgan fingerprint density at radius 3 is 3.00 bits per heavy atom. The predicted octanol–water partition coefficient (Wildman–Crippen LogP) is -0.717. The molecule has 0 aromatic carbocycles. The van der Waals surface area contributed by atoms with E-state index in [-0.39, 0.29) is 12.0 Å². The Bertz CT molecular complexity index is 442. The van der Waals surface area contributed by atoms with Gasteiger partial charge in [-0.1, -0.05) is 5.21 Å². The molecule has 3 heterocycles. The highest BCUT2D eigenvalue weighted by atomic mass is 16.5. The molecular formula is C11H17N5O2. The first-order valence-electron chi connectivity index (χ1n) is 6.22.